The Kier molecular flexibility index (Phi) is 19.1. The van der Waals surface area contributed by atoms with Gasteiger partial charge in [0.1, 0.15) is 17.1 Å². The maximum Gasteiger partial charge on any atom is 0.289 e. The minimum atomic E-state index is -4.16. The lowest BCUT2D eigenvalue weighted by molar-refractivity contribution is -0.133. The fourth-order valence-electron chi connectivity index (χ4n) is 11.1. The van der Waals surface area contributed by atoms with Gasteiger partial charge in [-0.3, -0.25) is 29.6 Å². The summed E-state index contributed by atoms with van der Waals surface area (Å²) in [6, 6.07) is 34.0. The monoisotopic (exact) mass is 1180 g/mol. The van der Waals surface area contributed by atoms with E-state index in [1.807, 2.05) is 97.1 Å². The maximum absolute atomic E-state index is 14.0. The van der Waals surface area contributed by atoms with Crippen LogP contribution < -0.4 is 30.2 Å². The number of ether oxygens (including phenoxy) is 2. The summed E-state index contributed by atoms with van der Waals surface area (Å²) in [6.07, 6.45) is 3.62. The Morgan fingerprint density at radius 1 is 0.549 bits per heavy atom. The summed E-state index contributed by atoms with van der Waals surface area (Å²) >= 11 is 1.39. The number of unbranched alkanes of at least 4 members (excludes halogenated alkanes) is 2. The lowest BCUT2D eigenvalue weighted by Crippen LogP contribution is -2.64. The van der Waals surface area contributed by atoms with Crippen LogP contribution in [0.2, 0.25) is 0 Å². The minimum Gasteiger partial charge on any atom is -0.494 e. The fourth-order valence-corrected chi connectivity index (χ4v) is 16.3. The van der Waals surface area contributed by atoms with Crippen molar-refractivity contribution in [1.29, 1.82) is 0 Å². The second-order valence-electron chi connectivity index (χ2n) is 20.9. The van der Waals surface area contributed by atoms with Crippen molar-refractivity contribution >= 4 is 87.4 Å². The maximum atomic E-state index is 14.0. The van der Waals surface area contributed by atoms with E-state index in [9.17, 15) is 46.4 Å². The Bertz CT molecular complexity index is 3110. The van der Waals surface area contributed by atoms with Gasteiger partial charge in [-0.1, -0.05) is 63.1 Å². The number of hydroxylamine groups is 2. The highest BCUT2D eigenvalue weighted by Gasteiger charge is 2.57. The minimum absolute atomic E-state index is 0.0230. The number of para-hydroxylation sites is 1. The number of fused-ring (bicyclic) bond motifs is 2. The Morgan fingerprint density at radius 3 is 1.40 bits per heavy atom. The number of carbonyl (C=O) groups is 4. The van der Waals surface area contributed by atoms with Gasteiger partial charge in [0.25, 0.3) is 23.6 Å². The zero-order valence-corrected chi connectivity index (χ0v) is 48.7. The van der Waals surface area contributed by atoms with Crippen LogP contribution in [0.15, 0.2) is 114 Å². The molecule has 4 fully saturated rings. The van der Waals surface area contributed by atoms with Gasteiger partial charge in [-0.05, 0) is 117 Å². The number of rotatable bonds is 18. The van der Waals surface area contributed by atoms with E-state index in [1.165, 1.54) is 24.8 Å². The largest absolute Gasteiger partial charge is 0.494 e. The predicted molar refractivity (Wildman–Crippen MR) is 313 cm³/mol. The molecule has 4 aliphatic heterocycles. The molecule has 0 aliphatic carbocycles. The zero-order valence-electron chi connectivity index (χ0n) is 46.2. The first-order chi connectivity index (χ1) is 39.6. The summed E-state index contributed by atoms with van der Waals surface area (Å²) < 4.78 is 72.9. The molecule has 6 aromatic rings. The number of amides is 4. The summed E-state index contributed by atoms with van der Waals surface area (Å²) in [5.41, 5.74) is 5.71. The first-order valence-electron chi connectivity index (χ1n) is 28.0. The van der Waals surface area contributed by atoms with Gasteiger partial charge in [0.15, 0.2) is 15.3 Å². The van der Waals surface area contributed by atoms with E-state index >= 15 is 0 Å². The van der Waals surface area contributed by atoms with Crippen LogP contribution >= 0.6 is 11.3 Å². The molecule has 21 nitrogen and oxygen atoms in total. The standard InChI is InChI=1S/C29H36N4O7S.C29H36N4O6S2/c2*1-2-3-20-39-24-10-8-23(9-11-24)31-16-18-33(19-17-31)41(37,38)29(28(35)30-36)12-14-32(15-13-29)27(34)26-21-22-6-4-5-7-25(22)40-26/h2*4-11,21,36H,2-3,12-20H2,1H3,(H,30,35). The van der Waals surface area contributed by atoms with E-state index in [2.05, 4.69) is 23.6 Å². The van der Waals surface area contributed by atoms with Crippen LogP contribution in [-0.2, 0) is 29.6 Å². The Hall–Kier alpha value is -6.80. The molecule has 4 saturated heterocycles. The molecule has 24 heteroatoms. The molecule has 6 heterocycles. The Morgan fingerprint density at radius 2 is 0.976 bits per heavy atom. The third-order valence-corrected chi connectivity index (χ3v) is 22.5. The molecule has 0 bridgehead atoms. The molecule has 4 amide bonds. The average molecular weight is 1190 g/mol. The Labute approximate surface area is 482 Å². The molecular weight excluding hydrogens is 1110 g/mol. The van der Waals surface area contributed by atoms with Crippen LogP contribution in [0.4, 0.5) is 11.4 Å². The molecule has 82 heavy (non-hydrogen) atoms. The van der Waals surface area contributed by atoms with Crippen LogP contribution in [0.3, 0.4) is 0 Å². The van der Waals surface area contributed by atoms with Crippen molar-refractivity contribution in [3.8, 4) is 11.5 Å². The van der Waals surface area contributed by atoms with E-state index in [1.54, 1.807) is 28.0 Å². The normalized spacial score (nSPS) is 17.9. The van der Waals surface area contributed by atoms with E-state index < -0.39 is 41.4 Å². The highest BCUT2D eigenvalue weighted by molar-refractivity contribution is 7.91. The average Bonchev–Trinajstić information content (AvgIpc) is 4.10. The van der Waals surface area contributed by atoms with Gasteiger partial charge in [0.05, 0.1) is 18.1 Å². The highest BCUT2D eigenvalue weighted by Crippen LogP contribution is 2.38. The molecule has 0 atom stereocenters. The van der Waals surface area contributed by atoms with Crippen LogP contribution in [-0.4, -0.2) is 171 Å². The number of anilines is 2. The van der Waals surface area contributed by atoms with Crippen molar-refractivity contribution < 1.29 is 60.3 Å². The first-order valence-corrected chi connectivity index (χ1v) is 31.7. The summed E-state index contributed by atoms with van der Waals surface area (Å²) in [7, 11) is -8.30. The third-order valence-electron chi connectivity index (χ3n) is 16.1. The van der Waals surface area contributed by atoms with E-state index in [4.69, 9.17) is 13.9 Å². The van der Waals surface area contributed by atoms with Gasteiger partial charge in [-0.25, -0.2) is 27.8 Å². The molecule has 0 radical (unpaired) electrons. The van der Waals surface area contributed by atoms with Crippen molar-refractivity contribution in [1.82, 2.24) is 29.4 Å². The summed E-state index contributed by atoms with van der Waals surface area (Å²) in [5.74, 6) is -0.723. The van der Waals surface area contributed by atoms with Gasteiger partial charge in [-0.15, -0.1) is 11.3 Å². The zero-order chi connectivity index (χ0) is 58.1. The molecule has 0 saturated carbocycles. The smallest absolute Gasteiger partial charge is 0.289 e. The number of carbonyl (C=O) groups excluding carboxylic acids is 4. The van der Waals surface area contributed by atoms with Gasteiger partial charge < -0.3 is 33.5 Å². The highest BCUT2D eigenvalue weighted by atomic mass is 32.2. The number of benzene rings is 4. The second-order valence-corrected chi connectivity index (χ2v) is 26.5. The number of hydrogen-bond acceptors (Lipinski definition) is 16. The number of piperidine rings is 2. The van der Waals surface area contributed by atoms with Crippen LogP contribution in [0.1, 0.15) is 85.4 Å². The molecule has 0 spiro atoms. The predicted octanol–water partition coefficient (Wildman–Crippen LogP) is 6.96. The van der Waals surface area contributed by atoms with Gasteiger partial charge in [0.2, 0.25) is 20.0 Å². The quantitative estimate of drug-likeness (QED) is 0.0386. The number of piperazine rings is 2. The van der Waals surface area contributed by atoms with E-state index in [-0.39, 0.29) is 95.6 Å². The molecular formula is C58H72N8O13S3. The number of nitrogens with one attached hydrogen (secondary N) is 2. The molecule has 10 rings (SSSR count). The molecule has 4 aliphatic rings. The van der Waals surface area contributed by atoms with Crippen molar-refractivity contribution in [3.63, 3.8) is 0 Å². The molecule has 2 aromatic heterocycles. The SMILES string of the molecule is CCCCOc1ccc(N2CCN(S(=O)(=O)C3(C(=O)NO)CCN(C(=O)c4cc5ccccc5o4)CC3)CC2)cc1.CCCCOc1ccc(N2CCN(S(=O)(=O)C3(C(=O)NO)CCN(C(=O)c4cc5ccccc5s4)CC3)CC2)cc1. The summed E-state index contributed by atoms with van der Waals surface area (Å²) in [4.78, 5) is 60.1. The van der Waals surface area contributed by atoms with Gasteiger partial charge in [0, 0.05) is 100.0 Å². The number of sulfonamides is 2. The second kappa shape index (κ2) is 26.2. The van der Waals surface area contributed by atoms with E-state index in [0.29, 0.717) is 49.9 Å². The van der Waals surface area contributed by atoms with Crippen molar-refractivity contribution in [3.05, 3.63) is 120 Å². The topological polar surface area (TPSA) is 252 Å². The first kappa shape index (κ1) is 59.8. The number of furan rings is 1. The van der Waals surface area contributed by atoms with Gasteiger partial charge >= 0.3 is 0 Å². The molecule has 0 unspecified atom stereocenters. The van der Waals surface area contributed by atoms with E-state index in [0.717, 1.165) is 64.0 Å². The molecule has 440 valence electrons. The van der Waals surface area contributed by atoms with Crippen LogP contribution in [0.25, 0.3) is 21.1 Å². The lowest BCUT2D eigenvalue weighted by atomic mass is 9.94. The number of thiophene rings is 1. The van der Waals surface area contributed by atoms with Crippen molar-refractivity contribution in [2.24, 2.45) is 0 Å². The molecule has 4 aromatic carbocycles. The van der Waals surface area contributed by atoms with Gasteiger partial charge in [-0.2, -0.15) is 8.61 Å². The van der Waals surface area contributed by atoms with Crippen LogP contribution in [0.5, 0.6) is 11.5 Å². The number of hydrogen-bond donors (Lipinski definition) is 4. The fraction of sp³-hybridized carbons (Fsp3) is 0.448. The summed E-state index contributed by atoms with van der Waals surface area (Å²) in [6.45, 7) is 8.41. The number of likely N-dealkylation sites (tertiary alicyclic amines) is 2. The van der Waals surface area contributed by atoms with Crippen molar-refractivity contribution in [2.45, 2.75) is 74.7 Å². The van der Waals surface area contributed by atoms with Crippen LogP contribution in [0, 0.1) is 0 Å². The number of nitrogens with zero attached hydrogens (tertiary/aromatic N) is 6. The van der Waals surface area contributed by atoms with Crippen molar-refractivity contribution in [2.75, 3.05) is 102 Å². The Balaban J connectivity index is 0.000000198. The third kappa shape index (κ3) is 12.4. The lowest BCUT2D eigenvalue weighted by Gasteiger charge is -2.44. The summed E-state index contributed by atoms with van der Waals surface area (Å²) in [5, 5.41) is 20.8. The molecule has 4 N–H and O–H groups in total.